The van der Waals surface area contributed by atoms with E-state index in [1.54, 1.807) is 7.11 Å². The van der Waals surface area contributed by atoms with E-state index in [4.69, 9.17) is 4.74 Å². The largest absolute Gasteiger partial charge is 0.497 e. The Kier molecular flexibility index (Phi) is 5.33. The topological polar surface area (TPSA) is 29.5 Å². The summed E-state index contributed by atoms with van der Waals surface area (Å²) in [5.74, 6) is 0.849. The van der Waals surface area contributed by atoms with Crippen molar-refractivity contribution in [3.05, 3.63) is 29.3 Å². The van der Waals surface area contributed by atoms with Gasteiger partial charge in [-0.1, -0.05) is 32.3 Å². The lowest BCUT2D eigenvalue weighted by Crippen LogP contribution is -2.00. The van der Waals surface area contributed by atoms with Crippen LogP contribution in [0.3, 0.4) is 0 Å². The van der Waals surface area contributed by atoms with Crippen LogP contribution in [-0.2, 0) is 0 Å². The Balaban J connectivity index is 2.64. The normalized spacial score (nSPS) is 12.5. The lowest BCUT2D eigenvalue weighted by molar-refractivity contribution is 0.163. The molecule has 0 aliphatic rings. The minimum Gasteiger partial charge on any atom is -0.497 e. The Morgan fingerprint density at radius 3 is 2.62 bits per heavy atom. The van der Waals surface area contributed by atoms with Gasteiger partial charge in [0.1, 0.15) is 5.75 Å². The van der Waals surface area contributed by atoms with Crippen LogP contribution in [0.1, 0.15) is 49.8 Å². The number of aliphatic hydroxyl groups excluding tert-OH is 1. The van der Waals surface area contributed by atoms with Crippen molar-refractivity contribution in [3.8, 4) is 5.75 Å². The maximum Gasteiger partial charge on any atom is 0.119 e. The maximum atomic E-state index is 10.1. The molecule has 0 saturated carbocycles. The SMILES string of the molecule is CCCCCC(O)c1ccc(OC)cc1C. The highest BCUT2D eigenvalue weighted by Crippen LogP contribution is 2.25. The van der Waals surface area contributed by atoms with E-state index < -0.39 is 0 Å². The molecule has 0 saturated heterocycles. The van der Waals surface area contributed by atoms with Gasteiger partial charge in [0.15, 0.2) is 0 Å². The molecule has 0 spiro atoms. The first kappa shape index (κ1) is 13.0. The second kappa shape index (κ2) is 6.54. The van der Waals surface area contributed by atoms with E-state index in [9.17, 15) is 5.11 Å². The lowest BCUT2D eigenvalue weighted by atomic mass is 9.99. The number of hydrogen-bond donors (Lipinski definition) is 1. The fraction of sp³-hybridized carbons (Fsp3) is 0.571. The van der Waals surface area contributed by atoms with Gasteiger partial charge in [0.25, 0.3) is 0 Å². The second-order valence-electron chi connectivity index (χ2n) is 4.23. The van der Waals surface area contributed by atoms with Crippen molar-refractivity contribution in [2.75, 3.05) is 7.11 Å². The molecule has 0 fully saturated rings. The summed E-state index contributed by atoms with van der Waals surface area (Å²) < 4.78 is 5.15. The van der Waals surface area contributed by atoms with E-state index in [2.05, 4.69) is 6.92 Å². The molecule has 0 amide bonds. The van der Waals surface area contributed by atoms with Crippen LogP contribution in [0.25, 0.3) is 0 Å². The van der Waals surface area contributed by atoms with Crippen LogP contribution in [0.2, 0.25) is 0 Å². The molecule has 0 aliphatic heterocycles. The number of ether oxygens (including phenoxy) is 1. The molecular weight excluding hydrogens is 200 g/mol. The number of aliphatic hydroxyl groups is 1. The van der Waals surface area contributed by atoms with Gasteiger partial charge in [-0.2, -0.15) is 0 Å². The van der Waals surface area contributed by atoms with E-state index in [1.807, 2.05) is 25.1 Å². The molecule has 1 atom stereocenters. The average Bonchev–Trinajstić information content (AvgIpc) is 2.29. The first-order valence-electron chi connectivity index (χ1n) is 6.01. The zero-order valence-electron chi connectivity index (χ0n) is 10.5. The molecule has 0 bridgehead atoms. The van der Waals surface area contributed by atoms with Gasteiger partial charge in [-0.25, -0.2) is 0 Å². The molecular formula is C14H22O2. The zero-order valence-corrected chi connectivity index (χ0v) is 10.5. The van der Waals surface area contributed by atoms with E-state index in [0.717, 1.165) is 29.7 Å². The molecule has 2 heteroatoms. The number of rotatable bonds is 6. The van der Waals surface area contributed by atoms with Crippen molar-refractivity contribution in [2.24, 2.45) is 0 Å². The van der Waals surface area contributed by atoms with Crippen molar-refractivity contribution in [2.45, 2.75) is 45.6 Å². The van der Waals surface area contributed by atoms with Crippen LogP contribution in [0.5, 0.6) is 5.75 Å². The Bertz CT molecular complexity index is 321. The Hall–Kier alpha value is -1.02. The van der Waals surface area contributed by atoms with Crippen LogP contribution in [-0.4, -0.2) is 12.2 Å². The van der Waals surface area contributed by atoms with Crippen LogP contribution in [0, 0.1) is 6.92 Å². The van der Waals surface area contributed by atoms with Crippen LogP contribution in [0.15, 0.2) is 18.2 Å². The molecule has 0 aromatic heterocycles. The van der Waals surface area contributed by atoms with Crippen molar-refractivity contribution >= 4 is 0 Å². The number of unbranched alkanes of at least 4 members (excludes halogenated alkanes) is 2. The van der Waals surface area contributed by atoms with Crippen LogP contribution in [0.4, 0.5) is 0 Å². The van der Waals surface area contributed by atoms with Gasteiger partial charge < -0.3 is 9.84 Å². The number of hydrogen-bond acceptors (Lipinski definition) is 2. The summed E-state index contributed by atoms with van der Waals surface area (Å²) in [6.07, 6.45) is 3.97. The van der Waals surface area contributed by atoms with Crippen LogP contribution >= 0.6 is 0 Å². The number of aryl methyl sites for hydroxylation is 1. The van der Waals surface area contributed by atoms with E-state index in [0.29, 0.717) is 0 Å². The van der Waals surface area contributed by atoms with Gasteiger partial charge in [-0.15, -0.1) is 0 Å². The Morgan fingerprint density at radius 2 is 2.06 bits per heavy atom. The summed E-state index contributed by atoms with van der Waals surface area (Å²) in [4.78, 5) is 0. The third-order valence-corrected chi connectivity index (χ3v) is 2.92. The summed E-state index contributed by atoms with van der Waals surface area (Å²) in [6.45, 7) is 4.19. The molecule has 90 valence electrons. The van der Waals surface area contributed by atoms with Crippen LogP contribution < -0.4 is 4.74 Å². The molecule has 0 heterocycles. The van der Waals surface area contributed by atoms with Gasteiger partial charge >= 0.3 is 0 Å². The second-order valence-corrected chi connectivity index (χ2v) is 4.23. The van der Waals surface area contributed by atoms with E-state index in [-0.39, 0.29) is 6.10 Å². The monoisotopic (exact) mass is 222 g/mol. The van der Waals surface area contributed by atoms with Crippen molar-refractivity contribution in [3.63, 3.8) is 0 Å². The number of benzene rings is 1. The Labute approximate surface area is 98.3 Å². The highest BCUT2D eigenvalue weighted by atomic mass is 16.5. The third-order valence-electron chi connectivity index (χ3n) is 2.92. The first-order chi connectivity index (χ1) is 7.69. The lowest BCUT2D eigenvalue weighted by Gasteiger charge is -2.14. The van der Waals surface area contributed by atoms with Gasteiger partial charge in [0, 0.05) is 0 Å². The first-order valence-corrected chi connectivity index (χ1v) is 6.01. The molecule has 1 unspecified atom stereocenters. The summed E-state index contributed by atoms with van der Waals surface area (Å²) >= 11 is 0. The molecule has 1 rings (SSSR count). The maximum absolute atomic E-state index is 10.1. The molecule has 16 heavy (non-hydrogen) atoms. The minimum absolute atomic E-state index is 0.336. The highest BCUT2D eigenvalue weighted by molar-refractivity contribution is 5.35. The Morgan fingerprint density at radius 1 is 1.31 bits per heavy atom. The molecule has 1 aromatic carbocycles. The molecule has 1 aromatic rings. The standard InChI is InChI=1S/C14H22O2/c1-4-5-6-7-14(15)13-9-8-12(16-3)10-11(13)2/h8-10,14-15H,4-7H2,1-3H3. The predicted octanol–water partition coefficient (Wildman–Crippen LogP) is 3.62. The summed E-state index contributed by atoms with van der Waals surface area (Å²) in [6, 6.07) is 5.84. The fourth-order valence-corrected chi connectivity index (χ4v) is 1.89. The smallest absolute Gasteiger partial charge is 0.119 e. The highest BCUT2D eigenvalue weighted by Gasteiger charge is 2.10. The fourth-order valence-electron chi connectivity index (χ4n) is 1.89. The molecule has 0 aliphatic carbocycles. The molecule has 2 nitrogen and oxygen atoms in total. The number of methoxy groups -OCH3 is 1. The van der Waals surface area contributed by atoms with Gasteiger partial charge in [0.2, 0.25) is 0 Å². The third kappa shape index (κ3) is 3.53. The summed E-state index contributed by atoms with van der Waals surface area (Å²) in [5.41, 5.74) is 2.13. The molecule has 0 radical (unpaired) electrons. The average molecular weight is 222 g/mol. The summed E-state index contributed by atoms with van der Waals surface area (Å²) in [7, 11) is 1.66. The van der Waals surface area contributed by atoms with Crippen molar-refractivity contribution < 1.29 is 9.84 Å². The zero-order chi connectivity index (χ0) is 12.0. The minimum atomic E-state index is -0.336. The summed E-state index contributed by atoms with van der Waals surface area (Å²) in [5, 5.41) is 10.1. The predicted molar refractivity (Wildman–Crippen MR) is 66.8 cm³/mol. The van der Waals surface area contributed by atoms with Gasteiger partial charge in [-0.3, -0.25) is 0 Å². The van der Waals surface area contributed by atoms with Crippen molar-refractivity contribution in [1.82, 2.24) is 0 Å². The van der Waals surface area contributed by atoms with Gasteiger partial charge in [0.05, 0.1) is 13.2 Å². The molecule has 1 N–H and O–H groups in total. The van der Waals surface area contributed by atoms with Gasteiger partial charge in [-0.05, 0) is 36.6 Å². The van der Waals surface area contributed by atoms with E-state index in [1.165, 1.54) is 12.8 Å². The quantitative estimate of drug-likeness (QED) is 0.745. The van der Waals surface area contributed by atoms with Crippen molar-refractivity contribution in [1.29, 1.82) is 0 Å². The van der Waals surface area contributed by atoms with E-state index >= 15 is 0 Å².